The maximum Gasteiger partial charge on any atom is 0.329 e. The standard InChI is InChI=1S/C23H23ClN2O5/c1-13(2)11-19(26-21(28)15-7-4-5-8-16(15)22(26)29)23(30)31-12-20(27)25-18-10-6-9-17(24)14(18)3/h4-10,13,19H,11-12H2,1-3H3,(H,25,27). The Labute approximate surface area is 185 Å². The second-order valence-corrected chi connectivity index (χ2v) is 8.15. The van der Waals surface area contributed by atoms with E-state index in [1.807, 2.05) is 13.8 Å². The molecule has 7 nitrogen and oxygen atoms in total. The van der Waals surface area contributed by atoms with E-state index in [9.17, 15) is 19.2 Å². The van der Waals surface area contributed by atoms with Crippen LogP contribution in [0.5, 0.6) is 0 Å². The zero-order chi connectivity index (χ0) is 22.7. The van der Waals surface area contributed by atoms with Gasteiger partial charge >= 0.3 is 5.97 Å². The first kappa shape index (κ1) is 22.5. The number of ether oxygens (including phenoxy) is 1. The van der Waals surface area contributed by atoms with Crippen molar-refractivity contribution in [2.45, 2.75) is 33.2 Å². The van der Waals surface area contributed by atoms with Crippen molar-refractivity contribution in [2.75, 3.05) is 11.9 Å². The average molecular weight is 443 g/mol. The number of halogens is 1. The number of carbonyl (C=O) groups is 4. The van der Waals surface area contributed by atoms with Gasteiger partial charge in [-0.3, -0.25) is 19.3 Å². The number of anilines is 1. The van der Waals surface area contributed by atoms with E-state index >= 15 is 0 Å². The number of rotatable bonds is 7. The van der Waals surface area contributed by atoms with Gasteiger partial charge in [0.15, 0.2) is 6.61 Å². The highest BCUT2D eigenvalue weighted by atomic mass is 35.5. The van der Waals surface area contributed by atoms with Gasteiger partial charge in [0.25, 0.3) is 17.7 Å². The summed E-state index contributed by atoms with van der Waals surface area (Å²) in [7, 11) is 0. The third kappa shape index (κ3) is 4.77. The molecule has 0 saturated heterocycles. The van der Waals surface area contributed by atoms with Gasteiger partial charge in [-0.05, 0) is 49.1 Å². The average Bonchev–Trinajstić information content (AvgIpc) is 2.98. The molecule has 3 amide bonds. The van der Waals surface area contributed by atoms with Gasteiger partial charge in [-0.25, -0.2) is 4.79 Å². The third-order valence-corrected chi connectivity index (χ3v) is 5.40. The van der Waals surface area contributed by atoms with Crippen LogP contribution in [0.4, 0.5) is 5.69 Å². The molecular formula is C23H23ClN2O5. The zero-order valence-corrected chi connectivity index (χ0v) is 18.2. The van der Waals surface area contributed by atoms with E-state index in [1.165, 1.54) is 0 Å². The molecule has 0 aromatic heterocycles. The fourth-order valence-corrected chi connectivity index (χ4v) is 3.58. The third-order valence-electron chi connectivity index (χ3n) is 4.99. The van der Waals surface area contributed by atoms with Crippen LogP contribution in [0.2, 0.25) is 5.02 Å². The van der Waals surface area contributed by atoms with Crippen molar-refractivity contribution in [1.29, 1.82) is 0 Å². The number of hydrogen-bond donors (Lipinski definition) is 1. The van der Waals surface area contributed by atoms with E-state index in [0.29, 0.717) is 16.3 Å². The number of amides is 3. The first-order valence-electron chi connectivity index (χ1n) is 9.89. The number of carbonyl (C=O) groups excluding carboxylic acids is 4. The molecule has 0 aliphatic carbocycles. The van der Waals surface area contributed by atoms with E-state index in [4.69, 9.17) is 16.3 Å². The maximum absolute atomic E-state index is 12.8. The summed E-state index contributed by atoms with van der Waals surface area (Å²) in [4.78, 5) is 51.6. The van der Waals surface area contributed by atoms with Gasteiger partial charge < -0.3 is 10.1 Å². The summed E-state index contributed by atoms with van der Waals surface area (Å²) >= 11 is 6.05. The van der Waals surface area contributed by atoms with Crippen LogP contribution in [-0.4, -0.2) is 41.2 Å². The van der Waals surface area contributed by atoms with Crippen molar-refractivity contribution in [2.24, 2.45) is 5.92 Å². The van der Waals surface area contributed by atoms with Crippen molar-refractivity contribution < 1.29 is 23.9 Å². The summed E-state index contributed by atoms with van der Waals surface area (Å²) in [6.07, 6.45) is 0.222. The predicted octanol–water partition coefficient (Wildman–Crippen LogP) is 3.84. The first-order valence-corrected chi connectivity index (χ1v) is 10.3. The summed E-state index contributed by atoms with van der Waals surface area (Å²) in [5.41, 5.74) is 1.70. The molecule has 0 radical (unpaired) electrons. The van der Waals surface area contributed by atoms with E-state index in [-0.39, 0.29) is 23.5 Å². The molecular weight excluding hydrogens is 420 g/mol. The Morgan fingerprint density at radius 2 is 1.65 bits per heavy atom. The van der Waals surface area contributed by atoms with Gasteiger partial charge in [-0.1, -0.05) is 43.6 Å². The van der Waals surface area contributed by atoms with Crippen molar-refractivity contribution in [3.63, 3.8) is 0 Å². The highest BCUT2D eigenvalue weighted by Crippen LogP contribution is 2.27. The fourth-order valence-electron chi connectivity index (χ4n) is 3.41. The Balaban J connectivity index is 1.71. The highest BCUT2D eigenvalue weighted by Gasteiger charge is 2.43. The monoisotopic (exact) mass is 442 g/mol. The first-order chi connectivity index (χ1) is 14.7. The molecule has 31 heavy (non-hydrogen) atoms. The largest absolute Gasteiger partial charge is 0.454 e. The number of benzene rings is 2. The molecule has 2 aromatic carbocycles. The van der Waals surface area contributed by atoms with Crippen molar-refractivity contribution in [3.8, 4) is 0 Å². The minimum Gasteiger partial charge on any atom is -0.454 e. The number of hydrogen-bond acceptors (Lipinski definition) is 5. The van der Waals surface area contributed by atoms with Gasteiger partial charge in [0.05, 0.1) is 11.1 Å². The Morgan fingerprint density at radius 1 is 1.03 bits per heavy atom. The minimum atomic E-state index is -1.12. The van der Waals surface area contributed by atoms with Crippen LogP contribution in [0.1, 0.15) is 46.5 Å². The van der Waals surface area contributed by atoms with Crippen LogP contribution in [0.3, 0.4) is 0 Å². The Kier molecular flexibility index (Phi) is 6.75. The molecule has 1 aliphatic heterocycles. The van der Waals surface area contributed by atoms with Gasteiger partial charge in [-0.2, -0.15) is 0 Å². The van der Waals surface area contributed by atoms with Gasteiger partial charge in [0.2, 0.25) is 0 Å². The zero-order valence-electron chi connectivity index (χ0n) is 17.5. The quantitative estimate of drug-likeness (QED) is 0.519. The predicted molar refractivity (Wildman–Crippen MR) is 116 cm³/mol. The van der Waals surface area contributed by atoms with Crippen LogP contribution in [-0.2, 0) is 14.3 Å². The van der Waals surface area contributed by atoms with Crippen LogP contribution in [0.25, 0.3) is 0 Å². The van der Waals surface area contributed by atoms with Crippen molar-refractivity contribution >= 4 is 41.0 Å². The van der Waals surface area contributed by atoms with E-state index < -0.39 is 36.3 Å². The van der Waals surface area contributed by atoms with Crippen LogP contribution < -0.4 is 5.32 Å². The number of fused-ring (bicyclic) bond motifs is 1. The van der Waals surface area contributed by atoms with E-state index in [2.05, 4.69) is 5.32 Å². The molecule has 2 aromatic rings. The topological polar surface area (TPSA) is 92.8 Å². The van der Waals surface area contributed by atoms with Gasteiger partial charge in [0, 0.05) is 10.7 Å². The molecule has 3 rings (SSSR count). The number of imide groups is 1. The van der Waals surface area contributed by atoms with E-state index in [0.717, 1.165) is 4.90 Å². The second-order valence-electron chi connectivity index (χ2n) is 7.74. The molecule has 0 saturated carbocycles. The summed E-state index contributed by atoms with van der Waals surface area (Å²) in [5.74, 6) is -2.43. The van der Waals surface area contributed by atoms with Crippen molar-refractivity contribution in [3.05, 3.63) is 64.2 Å². The molecule has 1 unspecified atom stereocenters. The molecule has 1 atom stereocenters. The molecule has 0 bridgehead atoms. The fraction of sp³-hybridized carbons (Fsp3) is 0.304. The van der Waals surface area contributed by atoms with Crippen molar-refractivity contribution in [1.82, 2.24) is 4.90 Å². The maximum atomic E-state index is 12.8. The molecule has 162 valence electrons. The molecule has 0 fully saturated rings. The smallest absolute Gasteiger partial charge is 0.329 e. The summed E-state index contributed by atoms with van der Waals surface area (Å²) in [6.45, 7) is 4.94. The minimum absolute atomic E-state index is 0.00444. The number of esters is 1. The van der Waals surface area contributed by atoms with Crippen LogP contribution >= 0.6 is 11.6 Å². The Morgan fingerprint density at radius 3 is 2.23 bits per heavy atom. The van der Waals surface area contributed by atoms with Gasteiger partial charge in [0.1, 0.15) is 6.04 Å². The summed E-state index contributed by atoms with van der Waals surface area (Å²) in [6, 6.07) is 10.4. The Bertz CT molecular complexity index is 1020. The molecule has 1 aliphatic rings. The lowest BCUT2D eigenvalue weighted by atomic mass is 10.0. The van der Waals surface area contributed by atoms with Gasteiger partial charge in [-0.15, -0.1) is 0 Å². The normalized spacial score (nSPS) is 13.9. The lowest BCUT2D eigenvalue weighted by Crippen LogP contribution is -2.46. The molecule has 1 N–H and O–H groups in total. The van der Waals surface area contributed by atoms with E-state index in [1.54, 1.807) is 49.4 Å². The summed E-state index contributed by atoms with van der Waals surface area (Å²) < 4.78 is 5.19. The molecule has 0 spiro atoms. The van der Waals surface area contributed by atoms with Crippen LogP contribution in [0.15, 0.2) is 42.5 Å². The summed E-state index contributed by atoms with van der Waals surface area (Å²) in [5, 5.41) is 3.14. The molecule has 1 heterocycles. The number of nitrogens with zero attached hydrogens (tertiary/aromatic N) is 1. The second kappa shape index (κ2) is 9.31. The Hall–Kier alpha value is -3.19. The molecule has 8 heteroatoms. The SMILES string of the molecule is Cc1c(Cl)cccc1NC(=O)COC(=O)C(CC(C)C)N1C(=O)c2ccccc2C1=O. The number of nitrogens with one attached hydrogen (secondary N) is 1. The van der Waals surface area contributed by atoms with Crippen LogP contribution in [0, 0.1) is 12.8 Å². The highest BCUT2D eigenvalue weighted by molar-refractivity contribution is 6.31. The lowest BCUT2D eigenvalue weighted by molar-refractivity contribution is -0.151. The lowest BCUT2D eigenvalue weighted by Gasteiger charge is -2.25.